The van der Waals surface area contributed by atoms with Crippen LogP contribution in [0.25, 0.3) is 98.4 Å². The predicted molar refractivity (Wildman–Crippen MR) is 222 cm³/mol. The van der Waals surface area contributed by atoms with Gasteiger partial charge in [0.25, 0.3) is 0 Å². The van der Waals surface area contributed by atoms with Crippen LogP contribution < -0.4 is 10.4 Å². The minimum absolute atomic E-state index is 0.900. The summed E-state index contributed by atoms with van der Waals surface area (Å²) in [6.45, 7) is 6.47. The van der Waals surface area contributed by atoms with E-state index in [1.54, 1.807) is 0 Å². The Bertz CT molecular complexity index is 3010. The molecule has 0 saturated heterocycles. The molecule has 9 rings (SSSR count). The monoisotopic (exact) mass is 672 g/mol. The van der Waals surface area contributed by atoms with Crippen molar-refractivity contribution in [2.75, 3.05) is 0 Å². The summed E-state index contributed by atoms with van der Waals surface area (Å²) in [5, 5.41) is 9.70. The van der Waals surface area contributed by atoms with Crippen LogP contribution in [-0.4, -0.2) is 0 Å². The van der Waals surface area contributed by atoms with Gasteiger partial charge in [0.05, 0.1) is 0 Å². The van der Waals surface area contributed by atoms with Gasteiger partial charge in [-0.25, -0.2) is 0 Å². The molecule has 0 spiro atoms. The number of rotatable bonds is 3. The number of fused-ring (bicyclic) bond motifs is 7. The first-order chi connectivity index (χ1) is 25.1. The van der Waals surface area contributed by atoms with E-state index in [9.17, 15) is 0 Å². The molecule has 0 radical (unpaired) electrons. The molecule has 0 saturated carbocycles. The first-order valence-corrected chi connectivity index (χ1v) is 18.4. The van der Waals surface area contributed by atoms with Crippen LogP contribution in [0.3, 0.4) is 0 Å². The molecule has 0 aliphatic heterocycles. The molecule has 0 aliphatic carbocycles. The Hall–Kier alpha value is -5.96. The van der Waals surface area contributed by atoms with Crippen LogP contribution in [-0.2, 0) is 0 Å². The molecule has 0 N–H and O–H groups in total. The van der Waals surface area contributed by atoms with Crippen LogP contribution in [0.4, 0.5) is 0 Å². The second-order valence-electron chi connectivity index (χ2n) is 13.2. The lowest BCUT2D eigenvalue weighted by Gasteiger charge is -2.10. The fourth-order valence-electron chi connectivity index (χ4n) is 7.69. The molecule has 0 bridgehead atoms. The molecular weight excluding hydrogens is 637 g/mol. The third-order valence-electron chi connectivity index (χ3n) is 10.2. The highest BCUT2D eigenvalue weighted by molar-refractivity contribution is 7.25. The Morgan fingerprint density at radius 3 is 1.80 bits per heavy atom. The summed E-state index contributed by atoms with van der Waals surface area (Å²) in [4.78, 5) is 0. The van der Waals surface area contributed by atoms with E-state index >= 15 is 0 Å². The van der Waals surface area contributed by atoms with E-state index in [1.807, 2.05) is 11.3 Å². The normalized spacial score (nSPS) is 12.5. The lowest BCUT2D eigenvalue weighted by molar-refractivity contribution is 0.669. The van der Waals surface area contributed by atoms with Crippen LogP contribution in [0, 0.1) is 6.92 Å². The van der Waals surface area contributed by atoms with Crippen LogP contribution in [0.1, 0.15) is 19.4 Å². The minimum Gasteiger partial charge on any atom is -0.456 e. The number of furan rings is 1. The molecule has 0 aliphatic rings. The van der Waals surface area contributed by atoms with Crippen LogP contribution in [0.15, 0.2) is 156 Å². The maximum Gasteiger partial charge on any atom is 0.136 e. The number of thiophene rings is 1. The first kappa shape index (κ1) is 31.1. The van der Waals surface area contributed by atoms with E-state index in [1.165, 1.54) is 74.8 Å². The molecule has 2 aromatic heterocycles. The van der Waals surface area contributed by atoms with Gasteiger partial charge < -0.3 is 4.42 Å². The molecule has 51 heavy (non-hydrogen) atoms. The summed E-state index contributed by atoms with van der Waals surface area (Å²) in [5.41, 5.74) is 10.3. The highest BCUT2D eigenvalue weighted by Crippen LogP contribution is 2.39. The maximum absolute atomic E-state index is 6.52. The smallest absolute Gasteiger partial charge is 0.136 e. The van der Waals surface area contributed by atoms with Gasteiger partial charge in [-0.2, -0.15) is 0 Å². The van der Waals surface area contributed by atoms with Gasteiger partial charge in [0.1, 0.15) is 11.2 Å². The maximum atomic E-state index is 6.52. The fraction of sp³-hybridized carbons (Fsp3) is 0.0612. The molecule has 2 heterocycles. The van der Waals surface area contributed by atoms with E-state index in [-0.39, 0.29) is 0 Å². The van der Waals surface area contributed by atoms with E-state index in [2.05, 4.69) is 185 Å². The van der Waals surface area contributed by atoms with Gasteiger partial charge in [0.15, 0.2) is 0 Å². The van der Waals surface area contributed by atoms with Crippen molar-refractivity contribution in [3.63, 3.8) is 0 Å². The van der Waals surface area contributed by atoms with Crippen molar-refractivity contribution < 1.29 is 4.42 Å². The standard InChI is InChI=1S/C49H36OS/c1-4-37-38(5-2)41(20-9-7-6-8-19-40(37)33-17-14-16-32(25-33)39-18-11-10-15-31(39)3)34-23-24-46-43(26-34)44-27-36-30-49-45(28-35(36)29-47(44)50-46)42-21-12-13-22-48(42)51-49/h4-30H,1-3H3/b8-6?,9-7?,37-4+,38-5+,40-19?,41-20?. The SMILES string of the molecule is C/C=c1/c(-c2cccc(-c3ccccc3C)c2)ccccccc(-c2ccc3oc4cc5cc6c(cc5cc4c3c2)sc2ccccc26)/c1=C/C. The third-order valence-corrected chi connectivity index (χ3v) is 11.3. The van der Waals surface area contributed by atoms with Gasteiger partial charge in [-0.05, 0) is 129 Å². The van der Waals surface area contributed by atoms with Gasteiger partial charge in [-0.3, -0.25) is 0 Å². The summed E-state index contributed by atoms with van der Waals surface area (Å²) in [7, 11) is 0. The predicted octanol–water partition coefficient (Wildman–Crippen LogP) is 13.1. The van der Waals surface area contributed by atoms with Gasteiger partial charge in [0.2, 0.25) is 0 Å². The van der Waals surface area contributed by atoms with Crippen molar-refractivity contribution in [3.05, 3.63) is 168 Å². The number of aryl methyl sites for hydroxylation is 1. The van der Waals surface area contributed by atoms with E-state index in [4.69, 9.17) is 4.42 Å². The Morgan fingerprint density at radius 2 is 1.04 bits per heavy atom. The summed E-state index contributed by atoms with van der Waals surface area (Å²) in [6.07, 6.45) is 4.50. The van der Waals surface area contributed by atoms with Gasteiger partial charge >= 0.3 is 0 Å². The van der Waals surface area contributed by atoms with Crippen molar-refractivity contribution in [1.82, 2.24) is 0 Å². The number of hydrogen-bond donors (Lipinski definition) is 0. The van der Waals surface area contributed by atoms with Crippen LogP contribution in [0.5, 0.6) is 0 Å². The van der Waals surface area contributed by atoms with E-state index in [0.717, 1.165) is 27.5 Å². The Kier molecular flexibility index (Phi) is 7.75. The van der Waals surface area contributed by atoms with Gasteiger partial charge in [-0.15, -0.1) is 11.3 Å². The molecule has 1 nitrogen and oxygen atoms in total. The lowest BCUT2D eigenvalue weighted by Crippen LogP contribution is -2.27. The average molecular weight is 673 g/mol. The third kappa shape index (κ3) is 5.40. The zero-order chi connectivity index (χ0) is 34.5. The fourth-order valence-corrected chi connectivity index (χ4v) is 8.82. The largest absolute Gasteiger partial charge is 0.456 e. The topological polar surface area (TPSA) is 13.1 Å². The molecule has 7 aromatic carbocycles. The van der Waals surface area contributed by atoms with Crippen molar-refractivity contribution in [2.45, 2.75) is 20.8 Å². The Morgan fingerprint density at radius 1 is 0.431 bits per heavy atom. The Labute approximate surface area is 301 Å². The minimum atomic E-state index is 0.900. The quantitative estimate of drug-likeness (QED) is 0.182. The van der Waals surface area contributed by atoms with E-state index < -0.39 is 0 Å². The summed E-state index contributed by atoms with van der Waals surface area (Å²) in [6, 6.07) is 55.1. The molecular formula is C49H36OS. The highest BCUT2D eigenvalue weighted by Gasteiger charge is 2.13. The zero-order valence-electron chi connectivity index (χ0n) is 28.9. The van der Waals surface area contributed by atoms with Crippen molar-refractivity contribution >= 4 is 76.4 Å². The molecule has 0 amide bonds. The molecule has 244 valence electrons. The van der Waals surface area contributed by atoms with Crippen molar-refractivity contribution in [1.29, 1.82) is 0 Å². The van der Waals surface area contributed by atoms with Crippen molar-refractivity contribution in [3.8, 4) is 33.4 Å². The van der Waals surface area contributed by atoms with Crippen LogP contribution in [0.2, 0.25) is 0 Å². The number of benzene rings is 6. The molecule has 0 fully saturated rings. The summed E-state index contributed by atoms with van der Waals surface area (Å²) >= 11 is 1.86. The second-order valence-corrected chi connectivity index (χ2v) is 14.3. The second kappa shape index (κ2) is 12.7. The molecule has 9 aromatic rings. The number of hydrogen-bond acceptors (Lipinski definition) is 2. The van der Waals surface area contributed by atoms with Gasteiger partial charge in [0, 0.05) is 30.9 Å². The van der Waals surface area contributed by atoms with E-state index in [0.29, 0.717) is 0 Å². The first-order valence-electron chi connectivity index (χ1n) is 17.6. The van der Waals surface area contributed by atoms with Crippen LogP contribution >= 0.6 is 11.3 Å². The lowest BCUT2D eigenvalue weighted by atomic mass is 9.94. The summed E-state index contributed by atoms with van der Waals surface area (Å²) in [5.74, 6) is 0. The summed E-state index contributed by atoms with van der Waals surface area (Å²) < 4.78 is 9.15. The molecule has 0 atom stereocenters. The van der Waals surface area contributed by atoms with Crippen molar-refractivity contribution in [2.24, 2.45) is 0 Å². The van der Waals surface area contributed by atoms with Gasteiger partial charge in [-0.1, -0.05) is 115 Å². The zero-order valence-corrected chi connectivity index (χ0v) is 29.7. The average Bonchev–Trinajstić information content (AvgIpc) is 3.71. The molecule has 0 unspecified atom stereocenters. The highest BCUT2D eigenvalue weighted by atomic mass is 32.1. The Balaban J connectivity index is 1.25. The molecule has 2 heteroatoms.